The molecule has 160 valence electrons. The van der Waals surface area contributed by atoms with Crippen molar-refractivity contribution in [3.05, 3.63) is 65.5 Å². The van der Waals surface area contributed by atoms with Crippen LogP contribution >= 0.6 is 11.6 Å². The molecule has 0 aliphatic carbocycles. The summed E-state index contributed by atoms with van der Waals surface area (Å²) < 4.78 is 0. The van der Waals surface area contributed by atoms with Crippen LogP contribution in [0.1, 0.15) is 30.1 Å². The Balaban J connectivity index is 1.71. The second-order valence-electron chi connectivity index (χ2n) is 7.25. The SMILES string of the molecule is NN/C=C(\N)c1cc(Cl)cc(Nc2cc(-c3cnccn3)nc([C@@H]3CCCNC3)n2)c1. The van der Waals surface area contributed by atoms with Crippen molar-refractivity contribution in [1.82, 2.24) is 30.7 Å². The van der Waals surface area contributed by atoms with E-state index in [0.29, 0.717) is 27.9 Å². The number of nitrogens with one attached hydrogen (secondary N) is 3. The molecular weight excluding hydrogens is 414 g/mol. The Morgan fingerprint density at radius 1 is 1.16 bits per heavy atom. The topological polar surface area (TPSA) is 140 Å². The lowest BCUT2D eigenvalue weighted by atomic mass is 9.98. The number of rotatable bonds is 6. The van der Waals surface area contributed by atoms with E-state index < -0.39 is 0 Å². The van der Waals surface area contributed by atoms with E-state index in [1.165, 1.54) is 6.20 Å². The number of nitrogens with zero attached hydrogens (tertiary/aromatic N) is 4. The van der Waals surface area contributed by atoms with Crippen LogP contribution in [-0.4, -0.2) is 33.0 Å². The van der Waals surface area contributed by atoms with Gasteiger partial charge in [-0.2, -0.15) is 0 Å². The Bertz CT molecular complexity index is 1070. The van der Waals surface area contributed by atoms with Crippen LogP contribution in [0.2, 0.25) is 5.02 Å². The maximum atomic E-state index is 6.31. The fourth-order valence-corrected chi connectivity index (χ4v) is 3.73. The van der Waals surface area contributed by atoms with Gasteiger partial charge < -0.3 is 21.8 Å². The summed E-state index contributed by atoms with van der Waals surface area (Å²) in [5.74, 6) is 6.98. The lowest BCUT2D eigenvalue weighted by Crippen LogP contribution is -2.29. The van der Waals surface area contributed by atoms with Crippen molar-refractivity contribution >= 4 is 28.8 Å². The normalized spacial score (nSPS) is 16.7. The minimum Gasteiger partial charge on any atom is -0.397 e. The number of halogens is 1. The van der Waals surface area contributed by atoms with Crippen LogP contribution in [0.5, 0.6) is 0 Å². The molecule has 1 aliphatic heterocycles. The van der Waals surface area contributed by atoms with E-state index >= 15 is 0 Å². The summed E-state index contributed by atoms with van der Waals surface area (Å²) in [7, 11) is 0. The highest BCUT2D eigenvalue weighted by Gasteiger charge is 2.20. The first kappa shape index (κ1) is 21.0. The second kappa shape index (κ2) is 9.69. The van der Waals surface area contributed by atoms with Gasteiger partial charge in [-0.15, -0.1) is 0 Å². The summed E-state index contributed by atoms with van der Waals surface area (Å²) in [6.45, 7) is 1.86. The lowest BCUT2D eigenvalue weighted by molar-refractivity contribution is 0.447. The molecule has 9 nitrogen and oxygen atoms in total. The Labute approximate surface area is 185 Å². The van der Waals surface area contributed by atoms with Gasteiger partial charge in [-0.3, -0.25) is 15.8 Å². The van der Waals surface area contributed by atoms with Gasteiger partial charge in [-0.05, 0) is 37.6 Å². The largest absolute Gasteiger partial charge is 0.397 e. The van der Waals surface area contributed by atoms with Gasteiger partial charge in [0.1, 0.15) is 17.3 Å². The van der Waals surface area contributed by atoms with E-state index in [1.54, 1.807) is 30.7 Å². The van der Waals surface area contributed by atoms with Gasteiger partial charge in [0.15, 0.2) is 0 Å². The number of hydrogen-bond donors (Lipinski definition) is 5. The number of hydrazine groups is 1. The number of anilines is 2. The summed E-state index contributed by atoms with van der Waals surface area (Å²) in [6, 6.07) is 7.30. The van der Waals surface area contributed by atoms with Crippen LogP contribution in [-0.2, 0) is 0 Å². The molecule has 2 aromatic heterocycles. The van der Waals surface area contributed by atoms with E-state index in [0.717, 1.165) is 43.0 Å². The van der Waals surface area contributed by atoms with Crippen LogP contribution in [0.3, 0.4) is 0 Å². The van der Waals surface area contributed by atoms with E-state index in [9.17, 15) is 0 Å². The molecule has 0 bridgehead atoms. The summed E-state index contributed by atoms with van der Waals surface area (Å²) in [4.78, 5) is 18.1. The van der Waals surface area contributed by atoms with E-state index in [2.05, 4.69) is 26.0 Å². The maximum absolute atomic E-state index is 6.31. The Morgan fingerprint density at radius 3 is 2.81 bits per heavy atom. The molecule has 3 aromatic rings. The molecule has 1 aromatic carbocycles. The molecular formula is C21H24ClN9. The minimum atomic E-state index is 0.232. The number of aromatic nitrogens is 4. The van der Waals surface area contributed by atoms with Gasteiger partial charge in [0.2, 0.25) is 0 Å². The number of hydrogen-bond acceptors (Lipinski definition) is 9. The Hall–Kier alpha value is -3.27. The van der Waals surface area contributed by atoms with Crippen LogP contribution in [0.25, 0.3) is 17.1 Å². The number of benzene rings is 1. The maximum Gasteiger partial charge on any atom is 0.135 e. The third kappa shape index (κ3) is 5.26. The molecule has 3 heterocycles. The second-order valence-corrected chi connectivity index (χ2v) is 7.69. The highest BCUT2D eigenvalue weighted by molar-refractivity contribution is 6.31. The standard InChI is InChI=1S/C21H24ClN9/c22-15-6-14(17(23)11-28-24)7-16(8-15)29-20-9-18(19-12-26-4-5-27-19)30-21(31-20)13-2-1-3-25-10-13/h4-9,11-13,25,28H,1-3,10,23-24H2,(H,29,30,31)/b17-11-/t13-/m1/s1. The molecule has 1 aliphatic rings. The molecule has 0 amide bonds. The van der Waals surface area contributed by atoms with Crippen LogP contribution in [0, 0.1) is 0 Å². The first-order chi connectivity index (χ1) is 15.1. The molecule has 7 N–H and O–H groups in total. The Kier molecular flexibility index (Phi) is 6.56. The molecule has 10 heteroatoms. The molecule has 31 heavy (non-hydrogen) atoms. The predicted molar refractivity (Wildman–Crippen MR) is 122 cm³/mol. The highest BCUT2D eigenvalue weighted by atomic mass is 35.5. The third-order valence-corrected chi connectivity index (χ3v) is 5.19. The van der Waals surface area contributed by atoms with Crippen LogP contribution in [0.4, 0.5) is 11.5 Å². The average molecular weight is 438 g/mol. The van der Waals surface area contributed by atoms with Crippen molar-refractivity contribution in [1.29, 1.82) is 0 Å². The fraction of sp³-hybridized carbons (Fsp3) is 0.238. The van der Waals surface area contributed by atoms with Gasteiger partial charge in [0, 0.05) is 53.4 Å². The highest BCUT2D eigenvalue weighted by Crippen LogP contribution is 2.28. The summed E-state index contributed by atoms with van der Waals surface area (Å²) in [5, 5.41) is 7.29. The minimum absolute atomic E-state index is 0.232. The van der Waals surface area contributed by atoms with E-state index in [-0.39, 0.29) is 5.92 Å². The molecule has 1 atom stereocenters. The van der Waals surface area contributed by atoms with Crippen molar-refractivity contribution in [3.63, 3.8) is 0 Å². The molecule has 1 fully saturated rings. The van der Waals surface area contributed by atoms with Crippen molar-refractivity contribution in [2.24, 2.45) is 11.6 Å². The summed E-state index contributed by atoms with van der Waals surface area (Å²) in [5.41, 5.74) is 11.8. The van der Waals surface area contributed by atoms with Gasteiger partial charge >= 0.3 is 0 Å². The predicted octanol–water partition coefficient (Wildman–Crippen LogP) is 2.52. The first-order valence-corrected chi connectivity index (χ1v) is 10.4. The molecule has 0 radical (unpaired) electrons. The van der Waals surface area contributed by atoms with E-state index in [1.807, 2.05) is 12.1 Å². The van der Waals surface area contributed by atoms with Crippen molar-refractivity contribution in [2.75, 3.05) is 18.4 Å². The zero-order chi connectivity index (χ0) is 21.6. The molecule has 4 rings (SSSR count). The zero-order valence-corrected chi connectivity index (χ0v) is 17.6. The third-order valence-electron chi connectivity index (χ3n) is 4.97. The van der Waals surface area contributed by atoms with Gasteiger partial charge in [-0.1, -0.05) is 11.6 Å². The molecule has 1 saturated heterocycles. The average Bonchev–Trinajstić information content (AvgIpc) is 2.80. The monoisotopic (exact) mass is 437 g/mol. The number of nitrogens with two attached hydrogens (primary N) is 2. The molecule has 0 saturated carbocycles. The van der Waals surface area contributed by atoms with Crippen molar-refractivity contribution in [3.8, 4) is 11.4 Å². The summed E-state index contributed by atoms with van der Waals surface area (Å²) >= 11 is 6.31. The molecule has 0 spiro atoms. The molecule has 0 unspecified atom stereocenters. The van der Waals surface area contributed by atoms with Crippen molar-refractivity contribution in [2.45, 2.75) is 18.8 Å². The van der Waals surface area contributed by atoms with Crippen LogP contribution < -0.4 is 27.6 Å². The quantitative estimate of drug-likeness (QED) is 0.290. The fourth-order valence-electron chi connectivity index (χ4n) is 3.50. The van der Waals surface area contributed by atoms with Crippen molar-refractivity contribution < 1.29 is 0 Å². The zero-order valence-electron chi connectivity index (χ0n) is 16.8. The van der Waals surface area contributed by atoms with Crippen LogP contribution in [0.15, 0.2) is 49.1 Å². The van der Waals surface area contributed by atoms with Gasteiger partial charge in [-0.25, -0.2) is 9.97 Å². The first-order valence-electron chi connectivity index (χ1n) is 9.98. The smallest absolute Gasteiger partial charge is 0.135 e. The Morgan fingerprint density at radius 2 is 2.06 bits per heavy atom. The van der Waals surface area contributed by atoms with Gasteiger partial charge in [0.05, 0.1) is 17.6 Å². The number of piperidine rings is 1. The summed E-state index contributed by atoms with van der Waals surface area (Å²) in [6.07, 6.45) is 8.60. The van der Waals surface area contributed by atoms with Gasteiger partial charge in [0.25, 0.3) is 0 Å². The lowest BCUT2D eigenvalue weighted by Gasteiger charge is -2.22. The van der Waals surface area contributed by atoms with E-state index in [4.69, 9.17) is 33.1 Å².